The summed E-state index contributed by atoms with van der Waals surface area (Å²) in [5.74, 6) is 0.520. The minimum atomic E-state index is -0.491. The first-order chi connectivity index (χ1) is 11.2. The van der Waals surface area contributed by atoms with Crippen LogP contribution in [0.1, 0.15) is 33.6 Å². The van der Waals surface area contributed by atoms with E-state index >= 15 is 0 Å². The van der Waals surface area contributed by atoms with Gasteiger partial charge in [-0.2, -0.15) is 4.91 Å². The van der Waals surface area contributed by atoms with Crippen molar-refractivity contribution in [2.75, 3.05) is 26.7 Å². The summed E-state index contributed by atoms with van der Waals surface area (Å²) in [5, 5.41) is 2.82. The lowest BCUT2D eigenvalue weighted by molar-refractivity contribution is 0.0169. The molecule has 1 aliphatic heterocycles. The number of likely N-dealkylation sites (tertiary alicyclic amines) is 1. The van der Waals surface area contributed by atoms with E-state index in [1.165, 1.54) is 6.20 Å². The molecule has 0 radical (unpaired) electrons. The first-order valence-electron chi connectivity index (χ1n) is 8.05. The van der Waals surface area contributed by atoms with Crippen LogP contribution in [0, 0.1) is 4.91 Å². The number of carbonyl (C=O) groups is 1. The van der Waals surface area contributed by atoms with Gasteiger partial charge in [-0.25, -0.2) is 4.79 Å². The van der Waals surface area contributed by atoms with Crippen LogP contribution >= 0.6 is 0 Å². The van der Waals surface area contributed by atoms with E-state index in [2.05, 4.69) is 5.18 Å². The fourth-order valence-corrected chi connectivity index (χ4v) is 2.49. The van der Waals surface area contributed by atoms with E-state index in [1.54, 1.807) is 11.0 Å². The van der Waals surface area contributed by atoms with Gasteiger partial charge in [0, 0.05) is 26.2 Å². The zero-order chi connectivity index (χ0) is 18.3. The van der Waals surface area contributed by atoms with Gasteiger partial charge in [0.25, 0.3) is 0 Å². The number of rotatable bonds is 5. The van der Waals surface area contributed by atoms with Crippen molar-refractivity contribution >= 4 is 6.09 Å². The Balaban J connectivity index is 2.59. The number of hydrogen-bond donors (Lipinski definition) is 2. The molecule has 0 saturated carbocycles. The topological polar surface area (TPSA) is 114 Å². The molecule has 8 heteroatoms. The highest BCUT2D eigenvalue weighted by Gasteiger charge is 2.28. The lowest BCUT2D eigenvalue weighted by atomic mass is 10.0. The molecular weight excluding hydrogens is 310 g/mol. The third-order valence-corrected chi connectivity index (χ3v) is 3.87. The second-order valence-corrected chi connectivity index (χ2v) is 6.91. The van der Waals surface area contributed by atoms with Gasteiger partial charge in [0.15, 0.2) is 0 Å². The Morgan fingerprint density at radius 1 is 1.38 bits per heavy atom. The van der Waals surface area contributed by atoms with Gasteiger partial charge in [-0.1, -0.05) is 5.18 Å². The van der Waals surface area contributed by atoms with E-state index in [0.29, 0.717) is 24.5 Å². The van der Waals surface area contributed by atoms with Crippen LogP contribution < -0.4 is 11.5 Å². The van der Waals surface area contributed by atoms with E-state index in [0.717, 1.165) is 12.8 Å². The summed E-state index contributed by atoms with van der Waals surface area (Å²) in [6.45, 7) is 6.79. The Kier molecular flexibility index (Phi) is 7.06. The second-order valence-electron chi connectivity index (χ2n) is 6.91. The van der Waals surface area contributed by atoms with E-state index in [-0.39, 0.29) is 18.7 Å². The highest BCUT2D eigenvalue weighted by molar-refractivity contribution is 5.68. The van der Waals surface area contributed by atoms with Crippen LogP contribution in [0.3, 0.4) is 0 Å². The number of nitroso groups, excluding NO2 is 1. The van der Waals surface area contributed by atoms with Crippen molar-refractivity contribution in [1.82, 2.24) is 9.80 Å². The highest BCUT2D eigenvalue weighted by Crippen LogP contribution is 2.20. The van der Waals surface area contributed by atoms with Crippen LogP contribution in [0.25, 0.3) is 0 Å². The minimum Gasteiger partial charge on any atom is -0.444 e. The fourth-order valence-electron chi connectivity index (χ4n) is 2.49. The molecule has 4 N–H and O–H groups in total. The normalized spacial score (nSPS) is 17.6. The van der Waals surface area contributed by atoms with Gasteiger partial charge in [-0.15, -0.1) is 0 Å². The molecule has 1 amide bonds. The zero-order valence-corrected chi connectivity index (χ0v) is 15.0. The van der Waals surface area contributed by atoms with E-state index in [9.17, 15) is 9.70 Å². The molecule has 8 nitrogen and oxygen atoms in total. The SMILES string of the molecule is CN(/C(N)=C/C(=C\N)CN=O)C1CCN(C(=O)OC(C)(C)C)CC1. The molecule has 1 fully saturated rings. The summed E-state index contributed by atoms with van der Waals surface area (Å²) in [4.78, 5) is 26.1. The summed E-state index contributed by atoms with van der Waals surface area (Å²) in [5.41, 5.74) is 11.6. The van der Waals surface area contributed by atoms with E-state index in [4.69, 9.17) is 16.2 Å². The first-order valence-corrected chi connectivity index (χ1v) is 8.05. The van der Waals surface area contributed by atoms with E-state index < -0.39 is 5.60 Å². The first kappa shape index (κ1) is 19.8. The summed E-state index contributed by atoms with van der Waals surface area (Å²) < 4.78 is 5.39. The van der Waals surface area contributed by atoms with Gasteiger partial charge in [-0.3, -0.25) is 0 Å². The van der Waals surface area contributed by atoms with Crippen molar-refractivity contribution in [1.29, 1.82) is 0 Å². The number of carbonyl (C=O) groups excluding carboxylic acids is 1. The van der Waals surface area contributed by atoms with Crippen LogP contribution in [0.15, 0.2) is 28.8 Å². The number of piperidine rings is 1. The smallest absolute Gasteiger partial charge is 0.410 e. The van der Waals surface area contributed by atoms with Crippen LogP contribution in [0.2, 0.25) is 0 Å². The zero-order valence-electron chi connectivity index (χ0n) is 15.0. The van der Waals surface area contributed by atoms with Crippen molar-refractivity contribution in [2.24, 2.45) is 16.6 Å². The van der Waals surface area contributed by atoms with Crippen LogP contribution in [0.4, 0.5) is 4.79 Å². The van der Waals surface area contributed by atoms with Crippen LogP contribution in [0.5, 0.6) is 0 Å². The number of hydrogen-bond acceptors (Lipinski definition) is 7. The Morgan fingerprint density at radius 2 is 1.96 bits per heavy atom. The molecule has 1 heterocycles. The molecule has 0 aliphatic carbocycles. The highest BCUT2D eigenvalue weighted by atomic mass is 16.6. The molecular formula is C16H29N5O3. The number of nitrogens with two attached hydrogens (primary N) is 2. The molecule has 0 aromatic rings. The van der Waals surface area contributed by atoms with E-state index in [1.807, 2.05) is 32.7 Å². The number of nitrogens with zero attached hydrogens (tertiary/aromatic N) is 3. The molecule has 0 atom stereocenters. The average Bonchev–Trinajstić information content (AvgIpc) is 2.52. The second kappa shape index (κ2) is 8.56. The monoisotopic (exact) mass is 339 g/mol. The van der Waals surface area contributed by atoms with Crippen molar-refractivity contribution in [2.45, 2.75) is 45.3 Å². The summed E-state index contributed by atoms with van der Waals surface area (Å²) >= 11 is 0. The molecule has 0 bridgehead atoms. The van der Waals surface area contributed by atoms with Crippen LogP contribution in [-0.4, -0.2) is 54.2 Å². The van der Waals surface area contributed by atoms with Crippen molar-refractivity contribution in [3.63, 3.8) is 0 Å². The van der Waals surface area contributed by atoms with Gasteiger partial charge in [-0.05, 0) is 51.5 Å². The molecule has 1 saturated heterocycles. The molecule has 0 spiro atoms. The van der Waals surface area contributed by atoms with Crippen molar-refractivity contribution in [3.05, 3.63) is 28.6 Å². The third kappa shape index (κ3) is 6.10. The molecule has 1 aliphatic rings. The van der Waals surface area contributed by atoms with Gasteiger partial charge < -0.3 is 26.0 Å². The Morgan fingerprint density at radius 3 is 2.42 bits per heavy atom. The molecule has 0 aromatic heterocycles. The largest absolute Gasteiger partial charge is 0.444 e. The third-order valence-electron chi connectivity index (χ3n) is 3.87. The maximum absolute atomic E-state index is 12.1. The lowest BCUT2D eigenvalue weighted by Gasteiger charge is -2.38. The maximum Gasteiger partial charge on any atom is 0.410 e. The average molecular weight is 339 g/mol. The predicted octanol–water partition coefficient (Wildman–Crippen LogP) is 1.73. The summed E-state index contributed by atoms with van der Waals surface area (Å²) in [6.07, 6.45) is 4.28. The summed E-state index contributed by atoms with van der Waals surface area (Å²) in [7, 11) is 1.89. The van der Waals surface area contributed by atoms with Gasteiger partial charge >= 0.3 is 6.09 Å². The maximum atomic E-state index is 12.1. The van der Waals surface area contributed by atoms with Crippen molar-refractivity contribution < 1.29 is 9.53 Å². The van der Waals surface area contributed by atoms with Crippen LogP contribution in [-0.2, 0) is 4.74 Å². The standard InChI is InChI=1S/C16H29N5O3/c1-16(2,3)24-15(22)21-7-5-13(6-8-21)20(4)14(18)9-12(10-17)11-19-23/h9-10,13H,5-8,11,17-18H2,1-4H3/b12-10+,14-9+. The molecule has 1 rings (SSSR count). The van der Waals surface area contributed by atoms with Gasteiger partial charge in [0.2, 0.25) is 0 Å². The van der Waals surface area contributed by atoms with Crippen molar-refractivity contribution in [3.8, 4) is 0 Å². The number of ether oxygens (including phenoxy) is 1. The predicted molar refractivity (Wildman–Crippen MR) is 93.8 cm³/mol. The molecule has 0 aromatic carbocycles. The minimum absolute atomic E-state index is 0.0118. The molecule has 0 unspecified atom stereocenters. The Bertz CT molecular complexity index is 502. The van der Waals surface area contributed by atoms with Gasteiger partial charge in [0.05, 0.1) is 5.82 Å². The molecule has 136 valence electrons. The lowest BCUT2D eigenvalue weighted by Crippen LogP contribution is -2.47. The molecule has 24 heavy (non-hydrogen) atoms. The van der Waals surface area contributed by atoms with Gasteiger partial charge in [0.1, 0.15) is 12.1 Å². The fraction of sp³-hybridized carbons (Fsp3) is 0.688. The quantitative estimate of drug-likeness (QED) is 0.582. The summed E-state index contributed by atoms with van der Waals surface area (Å²) in [6, 6.07) is 0.211. The Hall–Kier alpha value is -2.25. The number of amides is 1. The Labute approximate surface area is 143 Å².